The zero-order valence-corrected chi connectivity index (χ0v) is 9.95. The monoisotopic (exact) mass is 255 g/mol. The highest BCUT2D eigenvalue weighted by atomic mass is 35.5. The Bertz CT molecular complexity index is 542. The van der Waals surface area contributed by atoms with Crippen LogP contribution in [0.3, 0.4) is 0 Å². The van der Waals surface area contributed by atoms with Crippen LogP contribution in [-0.4, -0.2) is 19.9 Å². The molecule has 1 aromatic carbocycles. The quantitative estimate of drug-likeness (QED) is 0.915. The summed E-state index contributed by atoms with van der Waals surface area (Å²) in [4.78, 5) is 0. The SMILES string of the molecule is CCn1c(CO)nnc1-c1cc(Cl)ccc1F. The molecule has 17 heavy (non-hydrogen) atoms. The Morgan fingerprint density at radius 2 is 2.18 bits per heavy atom. The number of hydrogen-bond acceptors (Lipinski definition) is 3. The number of aromatic nitrogens is 3. The first kappa shape index (κ1) is 12.0. The Balaban J connectivity index is 2.59. The van der Waals surface area contributed by atoms with Gasteiger partial charge in [-0.25, -0.2) is 4.39 Å². The van der Waals surface area contributed by atoms with E-state index in [2.05, 4.69) is 10.2 Å². The van der Waals surface area contributed by atoms with Gasteiger partial charge in [0.05, 0.1) is 5.56 Å². The van der Waals surface area contributed by atoms with E-state index >= 15 is 0 Å². The minimum atomic E-state index is -0.416. The highest BCUT2D eigenvalue weighted by Gasteiger charge is 2.15. The second-order valence-electron chi connectivity index (χ2n) is 3.47. The average molecular weight is 256 g/mol. The van der Waals surface area contributed by atoms with Gasteiger partial charge in [-0.15, -0.1) is 10.2 Å². The van der Waals surface area contributed by atoms with E-state index in [9.17, 15) is 4.39 Å². The maximum Gasteiger partial charge on any atom is 0.167 e. The predicted molar refractivity (Wildman–Crippen MR) is 62.0 cm³/mol. The largest absolute Gasteiger partial charge is 0.388 e. The number of aliphatic hydroxyl groups excluding tert-OH is 1. The molecular formula is C11H11ClFN3O. The van der Waals surface area contributed by atoms with E-state index < -0.39 is 5.82 Å². The van der Waals surface area contributed by atoms with Gasteiger partial charge in [0.1, 0.15) is 12.4 Å². The minimum absolute atomic E-state index is 0.233. The van der Waals surface area contributed by atoms with Gasteiger partial charge in [0.2, 0.25) is 0 Å². The highest BCUT2D eigenvalue weighted by molar-refractivity contribution is 6.30. The summed E-state index contributed by atoms with van der Waals surface area (Å²) in [6.45, 7) is 2.18. The lowest BCUT2D eigenvalue weighted by Crippen LogP contribution is -2.04. The van der Waals surface area contributed by atoms with Crippen molar-refractivity contribution in [3.8, 4) is 11.4 Å². The van der Waals surface area contributed by atoms with E-state index in [1.807, 2.05) is 6.92 Å². The first-order chi connectivity index (χ1) is 8.17. The second kappa shape index (κ2) is 4.81. The number of hydrogen-bond donors (Lipinski definition) is 1. The molecule has 1 aromatic heterocycles. The van der Waals surface area contributed by atoms with Gasteiger partial charge >= 0.3 is 0 Å². The van der Waals surface area contributed by atoms with Gasteiger partial charge in [-0.1, -0.05) is 11.6 Å². The van der Waals surface area contributed by atoms with E-state index in [0.717, 1.165) is 0 Å². The summed E-state index contributed by atoms with van der Waals surface area (Å²) in [5.74, 6) is 0.361. The van der Waals surface area contributed by atoms with Crippen molar-refractivity contribution in [2.45, 2.75) is 20.1 Å². The van der Waals surface area contributed by atoms with Gasteiger partial charge in [-0.05, 0) is 25.1 Å². The third-order valence-corrected chi connectivity index (χ3v) is 2.69. The van der Waals surface area contributed by atoms with Gasteiger partial charge in [-0.2, -0.15) is 0 Å². The zero-order chi connectivity index (χ0) is 12.4. The molecule has 0 saturated heterocycles. The van der Waals surface area contributed by atoms with Crippen LogP contribution < -0.4 is 0 Å². The van der Waals surface area contributed by atoms with E-state index in [-0.39, 0.29) is 12.2 Å². The number of benzene rings is 1. The van der Waals surface area contributed by atoms with Crippen molar-refractivity contribution in [3.05, 3.63) is 34.9 Å². The minimum Gasteiger partial charge on any atom is -0.388 e. The van der Waals surface area contributed by atoms with Gasteiger partial charge in [0, 0.05) is 11.6 Å². The van der Waals surface area contributed by atoms with Crippen molar-refractivity contribution in [2.24, 2.45) is 0 Å². The number of aliphatic hydroxyl groups is 1. The summed E-state index contributed by atoms with van der Waals surface area (Å²) in [5, 5.41) is 17.2. The van der Waals surface area contributed by atoms with Crippen LogP contribution in [0.15, 0.2) is 18.2 Å². The lowest BCUT2D eigenvalue weighted by atomic mass is 10.2. The van der Waals surface area contributed by atoms with E-state index in [1.54, 1.807) is 4.57 Å². The van der Waals surface area contributed by atoms with Crippen LogP contribution in [0.5, 0.6) is 0 Å². The third-order valence-electron chi connectivity index (χ3n) is 2.45. The third kappa shape index (κ3) is 2.16. The molecule has 0 atom stereocenters. The molecule has 2 rings (SSSR count). The van der Waals surface area contributed by atoms with E-state index in [4.69, 9.17) is 16.7 Å². The van der Waals surface area contributed by atoms with Crippen LogP contribution in [-0.2, 0) is 13.2 Å². The van der Waals surface area contributed by atoms with Crippen molar-refractivity contribution < 1.29 is 9.50 Å². The predicted octanol–water partition coefficient (Wildman–Crippen LogP) is 2.25. The molecule has 4 nitrogen and oxygen atoms in total. The Morgan fingerprint density at radius 1 is 1.41 bits per heavy atom. The molecule has 0 aliphatic heterocycles. The van der Waals surface area contributed by atoms with Crippen molar-refractivity contribution in [2.75, 3.05) is 0 Å². The standard InChI is InChI=1S/C11H11ClFN3O/c1-2-16-10(6-17)14-15-11(16)8-5-7(12)3-4-9(8)13/h3-5,17H,2,6H2,1H3. The summed E-state index contributed by atoms with van der Waals surface area (Å²) in [7, 11) is 0. The topological polar surface area (TPSA) is 50.9 Å². The summed E-state index contributed by atoms with van der Waals surface area (Å²) in [6, 6.07) is 4.25. The van der Waals surface area contributed by atoms with Crippen molar-refractivity contribution in [1.29, 1.82) is 0 Å². The molecule has 0 bridgehead atoms. The average Bonchev–Trinajstić information content (AvgIpc) is 2.74. The Hall–Kier alpha value is -1.46. The fraction of sp³-hybridized carbons (Fsp3) is 0.273. The van der Waals surface area contributed by atoms with Crippen LogP contribution in [0.1, 0.15) is 12.7 Å². The number of halogens is 2. The normalized spacial score (nSPS) is 10.8. The lowest BCUT2D eigenvalue weighted by molar-refractivity contribution is 0.265. The number of nitrogens with zero attached hydrogens (tertiary/aromatic N) is 3. The van der Waals surface area contributed by atoms with Crippen LogP contribution in [0.25, 0.3) is 11.4 Å². The Labute approximate surface area is 103 Å². The molecule has 0 radical (unpaired) electrons. The first-order valence-electron chi connectivity index (χ1n) is 5.15. The summed E-state index contributed by atoms with van der Waals surface area (Å²) < 4.78 is 15.3. The summed E-state index contributed by atoms with van der Waals surface area (Å²) in [5.41, 5.74) is 0.284. The van der Waals surface area contributed by atoms with Crippen molar-refractivity contribution in [3.63, 3.8) is 0 Å². The summed E-state index contributed by atoms with van der Waals surface area (Å²) in [6.07, 6.45) is 0. The molecule has 6 heteroatoms. The molecule has 1 N–H and O–H groups in total. The second-order valence-corrected chi connectivity index (χ2v) is 3.90. The summed E-state index contributed by atoms with van der Waals surface area (Å²) >= 11 is 5.83. The molecule has 90 valence electrons. The molecule has 0 spiro atoms. The molecule has 0 aliphatic rings. The molecule has 0 saturated carbocycles. The van der Waals surface area contributed by atoms with Crippen LogP contribution in [0.2, 0.25) is 5.02 Å². The Kier molecular flexibility index (Phi) is 3.40. The number of rotatable bonds is 3. The maximum atomic E-state index is 13.7. The van der Waals surface area contributed by atoms with Gasteiger partial charge in [0.25, 0.3) is 0 Å². The van der Waals surface area contributed by atoms with Crippen LogP contribution in [0, 0.1) is 5.82 Å². The maximum absolute atomic E-state index is 13.7. The molecule has 2 aromatic rings. The van der Waals surface area contributed by atoms with Gasteiger partial charge < -0.3 is 9.67 Å². The fourth-order valence-corrected chi connectivity index (χ4v) is 1.82. The van der Waals surface area contributed by atoms with Crippen LogP contribution in [0.4, 0.5) is 4.39 Å². The van der Waals surface area contributed by atoms with Crippen molar-refractivity contribution in [1.82, 2.24) is 14.8 Å². The molecule has 1 heterocycles. The first-order valence-corrected chi connectivity index (χ1v) is 5.53. The molecule has 0 unspecified atom stereocenters. The van der Waals surface area contributed by atoms with Gasteiger partial charge in [-0.3, -0.25) is 0 Å². The lowest BCUT2D eigenvalue weighted by Gasteiger charge is -2.07. The highest BCUT2D eigenvalue weighted by Crippen LogP contribution is 2.25. The van der Waals surface area contributed by atoms with Gasteiger partial charge in [0.15, 0.2) is 11.6 Å². The molecular weight excluding hydrogens is 245 g/mol. The molecule has 0 fully saturated rings. The van der Waals surface area contributed by atoms with Crippen molar-refractivity contribution >= 4 is 11.6 Å². The van der Waals surface area contributed by atoms with Crippen LogP contribution >= 0.6 is 11.6 Å². The fourth-order valence-electron chi connectivity index (χ4n) is 1.65. The molecule has 0 aliphatic carbocycles. The van der Waals surface area contributed by atoms with E-state index in [1.165, 1.54) is 18.2 Å². The molecule has 0 amide bonds. The van der Waals surface area contributed by atoms with E-state index in [0.29, 0.717) is 23.2 Å². The zero-order valence-electron chi connectivity index (χ0n) is 9.19. The smallest absolute Gasteiger partial charge is 0.167 e. The Morgan fingerprint density at radius 3 is 2.82 bits per heavy atom.